The molecule has 9 unspecified atom stereocenters. The highest BCUT2D eigenvalue weighted by Gasteiger charge is 2.50. The maximum absolute atomic E-state index is 14.5. The average Bonchev–Trinajstić information content (AvgIpc) is 3.89. The van der Waals surface area contributed by atoms with Gasteiger partial charge in [-0.1, -0.05) is 58.8 Å². The molecule has 4 aliphatic heterocycles. The molecule has 0 spiro atoms. The lowest BCUT2D eigenvalue weighted by Crippen LogP contribution is -2.47. The Bertz CT molecular complexity index is 2190. The van der Waals surface area contributed by atoms with Crippen LogP contribution in [0.15, 0.2) is 41.2 Å². The first-order valence-electron chi connectivity index (χ1n) is 21.9. The Morgan fingerprint density at radius 1 is 0.921 bits per heavy atom. The van der Waals surface area contributed by atoms with E-state index in [1.54, 1.807) is 39.8 Å². The van der Waals surface area contributed by atoms with Crippen molar-refractivity contribution in [1.82, 2.24) is 9.91 Å². The van der Waals surface area contributed by atoms with E-state index in [1.807, 2.05) is 5.01 Å². The summed E-state index contributed by atoms with van der Waals surface area (Å²) in [6.07, 6.45) is 9.75. The number of hydrogen-bond acceptors (Lipinski definition) is 15. The number of nitrogens with zero attached hydrogens (tertiary/aromatic N) is 3. The summed E-state index contributed by atoms with van der Waals surface area (Å²) < 4.78 is 23.7. The fourth-order valence-electron chi connectivity index (χ4n) is 9.47. The van der Waals surface area contributed by atoms with Crippen molar-refractivity contribution in [3.05, 3.63) is 52.8 Å². The van der Waals surface area contributed by atoms with Gasteiger partial charge in [-0.25, -0.2) is 0 Å². The molecule has 0 radical (unpaired) electrons. The summed E-state index contributed by atoms with van der Waals surface area (Å²) >= 11 is 0. The molecule has 0 aromatic heterocycles. The summed E-state index contributed by atoms with van der Waals surface area (Å²) in [7, 11) is 1.44. The molecule has 4 heterocycles. The van der Waals surface area contributed by atoms with Crippen LogP contribution >= 0.6 is 0 Å². The maximum Gasteiger partial charge on any atom is 0.312 e. The summed E-state index contributed by atoms with van der Waals surface area (Å²) in [6.45, 7) is 15.4. The van der Waals surface area contributed by atoms with Crippen LogP contribution in [0.5, 0.6) is 23.0 Å². The van der Waals surface area contributed by atoms with Gasteiger partial charge in [-0.05, 0) is 32.8 Å². The molecule has 2 aromatic rings. The van der Waals surface area contributed by atoms with Gasteiger partial charge in [0.1, 0.15) is 23.4 Å². The van der Waals surface area contributed by atoms with E-state index < -0.39 is 88.8 Å². The number of nitrogens with one attached hydrogen (secondary N) is 1. The van der Waals surface area contributed by atoms with E-state index in [2.05, 4.69) is 15.3 Å². The number of methoxy groups -OCH3 is 1. The molecular weight excluding hydrogens is 813 g/mol. The minimum atomic E-state index is -2.04. The Kier molecular flexibility index (Phi) is 14.5. The zero-order chi connectivity index (χ0) is 46.1. The molecule has 6 N–H and O–H groups in total. The number of ether oxygens (including phenoxy) is 4. The number of amides is 1. The van der Waals surface area contributed by atoms with E-state index in [4.69, 9.17) is 18.9 Å². The third kappa shape index (κ3) is 9.40. The molecule has 16 nitrogen and oxygen atoms in total. The van der Waals surface area contributed by atoms with Gasteiger partial charge in [0, 0.05) is 93.4 Å². The van der Waals surface area contributed by atoms with Crippen LogP contribution in [0.4, 0.5) is 5.69 Å². The topological polar surface area (TPSA) is 220 Å². The molecule has 1 saturated heterocycles. The summed E-state index contributed by atoms with van der Waals surface area (Å²) in [6, 6.07) is 0.553. The predicted octanol–water partition coefficient (Wildman–Crippen LogP) is 5.65. The Morgan fingerprint density at radius 2 is 1.59 bits per heavy atom. The third-order valence-electron chi connectivity index (χ3n) is 13.5. The molecule has 1 aliphatic carbocycles. The highest BCUT2D eigenvalue weighted by atomic mass is 16.7. The van der Waals surface area contributed by atoms with Gasteiger partial charge in [0.25, 0.3) is 11.7 Å². The largest absolute Gasteiger partial charge is 0.507 e. The number of esters is 1. The molecule has 2 aromatic carbocycles. The van der Waals surface area contributed by atoms with E-state index in [9.17, 15) is 39.9 Å². The standard InChI is InChI=1S/C47H64N4O12/c1-24-13-12-14-25(2)46(59)49-37-32(23-48-51-20-18-50(19-21-51)31-15-10-11-16-31)41(56)34-35(42(37)57)40(55)29(6)44-36(34)45(58)47(8,63-44)61-22-17-33(60-9)26(3)43(62-30(7)52)28(5)39(54)27(4)38(24)53/h12-14,17,22-24,26-28,31,33,38-39,43,53-57H,10-11,15-16,18-21H2,1-9H3,(H,49,59)/b13-12+,22-17+,25-14-,48-23?. The number of ketones is 1. The van der Waals surface area contributed by atoms with Crippen molar-refractivity contribution in [2.45, 2.75) is 117 Å². The highest BCUT2D eigenvalue weighted by Crippen LogP contribution is 2.55. The molecule has 1 amide bonds. The molecular formula is C47H64N4O12. The SMILES string of the molecule is COC1/C=C/OC2(C)Oc3c(C)c(O)c4c(O)c(c(C=NN5CCN(C6CCCC6)CC5)c(O)c4c3C2=O)NC(=O)/C(C)=C\C=C\C(C)C(O)C(C)C(O)C(C)C(OC(C)=O)C1C. The van der Waals surface area contributed by atoms with Crippen molar-refractivity contribution < 1.29 is 58.9 Å². The number of carbonyl (C=O) groups excluding carboxylic acids is 3. The molecule has 1 saturated carbocycles. The van der Waals surface area contributed by atoms with Crippen LogP contribution in [0, 0.1) is 30.6 Å². The van der Waals surface area contributed by atoms with E-state index in [1.165, 1.54) is 85.1 Å². The van der Waals surface area contributed by atoms with E-state index >= 15 is 0 Å². The fourth-order valence-corrected chi connectivity index (χ4v) is 9.47. The van der Waals surface area contributed by atoms with Crippen LogP contribution in [0.2, 0.25) is 0 Å². The van der Waals surface area contributed by atoms with Gasteiger partial charge < -0.3 is 49.8 Å². The number of rotatable bonds is 5. The number of hydrazone groups is 1. The highest BCUT2D eigenvalue weighted by molar-refractivity contribution is 6.23. The summed E-state index contributed by atoms with van der Waals surface area (Å²) in [5, 5.41) is 67.6. The molecule has 5 aliphatic rings. The molecule has 344 valence electrons. The van der Waals surface area contributed by atoms with Gasteiger partial charge in [0.15, 0.2) is 5.75 Å². The monoisotopic (exact) mass is 876 g/mol. The summed E-state index contributed by atoms with van der Waals surface area (Å²) in [5.74, 6) is -8.28. The van der Waals surface area contributed by atoms with Crippen LogP contribution in [0.25, 0.3) is 10.8 Å². The number of piperazine rings is 1. The average molecular weight is 877 g/mol. The van der Waals surface area contributed by atoms with Crippen molar-refractivity contribution in [1.29, 1.82) is 0 Å². The summed E-state index contributed by atoms with van der Waals surface area (Å²) in [4.78, 5) is 43.2. The number of allylic oxidation sites excluding steroid dienone is 2. The number of hydrogen-bond donors (Lipinski definition) is 6. The first-order chi connectivity index (χ1) is 29.8. The zero-order valence-electron chi connectivity index (χ0n) is 37.8. The van der Waals surface area contributed by atoms with Crippen LogP contribution in [-0.2, 0) is 23.8 Å². The number of anilines is 1. The second kappa shape index (κ2) is 19.3. The number of carbonyl (C=O) groups is 3. The molecule has 5 bridgehead atoms. The number of fused-ring (bicyclic) bond motifs is 14. The van der Waals surface area contributed by atoms with E-state index in [0.717, 1.165) is 13.1 Å². The Hall–Kier alpha value is -5.16. The number of aliphatic hydroxyl groups is 2. The van der Waals surface area contributed by atoms with Crippen molar-refractivity contribution in [3.8, 4) is 23.0 Å². The smallest absolute Gasteiger partial charge is 0.312 e. The zero-order valence-corrected chi connectivity index (χ0v) is 37.8. The third-order valence-corrected chi connectivity index (χ3v) is 13.5. The van der Waals surface area contributed by atoms with Crippen molar-refractivity contribution in [2.75, 3.05) is 38.6 Å². The van der Waals surface area contributed by atoms with Crippen LogP contribution in [0.1, 0.15) is 95.6 Å². The second-order valence-corrected chi connectivity index (χ2v) is 17.8. The van der Waals surface area contributed by atoms with Gasteiger partial charge in [0.05, 0.1) is 53.0 Å². The van der Waals surface area contributed by atoms with Gasteiger partial charge in [-0.2, -0.15) is 5.10 Å². The van der Waals surface area contributed by atoms with E-state index in [-0.39, 0.29) is 44.5 Å². The lowest BCUT2D eigenvalue weighted by Gasteiger charge is -2.38. The van der Waals surface area contributed by atoms with Gasteiger partial charge >= 0.3 is 11.8 Å². The number of aliphatic hydroxyl groups excluding tert-OH is 2. The van der Waals surface area contributed by atoms with E-state index in [0.29, 0.717) is 19.1 Å². The van der Waals surface area contributed by atoms with Crippen LogP contribution < -0.4 is 10.1 Å². The minimum Gasteiger partial charge on any atom is -0.507 e. The lowest BCUT2D eigenvalue weighted by molar-refractivity contribution is -0.160. The van der Waals surface area contributed by atoms with Crippen molar-refractivity contribution >= 4 is 40.3 Å². The number of aromatic hydroxyl groups is 3. The molecule has 7 rings (SSSR count). The number of Topliss-reactive ketones (excluding diaryl/α,β-unsaturated/α-hetero) is 1. The molecule has 9 atom stereocenters. The van der Waals surface area contributed by atoms with Gasteiger partial charge in [-0.15, -0.1) is 0 Å². The maximum atomic E-state index is 14.5. The van der Waals surface area contributed by atoms with Gasteiger partial charge in [0.2, 0.25) is 0 Å². The number of phenolic OH excluding ortho intramolecular Hbond substituents is 3. The predicted molar refractivity (Wildman–Crippen MR) is 237 cm³/mol. The van der Waals surface area contributed by atoms with Crippen LogP contribution in [0.3, 0.4) is 0 Å². The second-order valence-electron chi connectivity index (χ2n) is 17.8. The van der Waals surface area contributed by atoms with Crippen molar-refractivity contribution in [3.63, 3.8) is 0 Å². The number of benzene rings is 2. The lowest BCUT2D eigenvalue weighted by atomic mass is 9.78. The Balaban J connectivity index is 1.47. The fraction of sp³-hybridized carbons (Fsp3) is 0.574. The normalized spacial score (nSPS) is 32.4. The molecule has 2 fully saturated rings. The quantitative estimate of drug-likeness (QED) is 0.0926. The first kappa shape index (κ1) is 47.3. The number of phenols is 3. The first-order valence-corrected chi connectivity index (χ1v) is 21.9. The van der Waals surface area contributed by atoms with Gasteiger partial charge in [-0.3, -0.25) is 24.3 Å². The Labute approximate surface area is 368 Å². The summed E-state index contributed by atoms with van der Waals surface area (Å²) in [5.41, 5.74) is -0.293. The Morgan fingerprint density at radius 3 is 2.22 bits per heavy atom. The van der Waals surface area contributed by atoms with Crippen LogP contribution in [-0.4, -0.2) is 129 Å². The molecule has 16 heteroatoms. The minimum absolute atomic E-state index is 0.0631. The molecule has 63 heavy (non-hydrogen) atoms. The van der Waals surface area contributed by atoms with Crippen molar-refractivity contribution in [2.24, 2.45) is 28.8 Å².